The molecule has 0 aliphatic carbocycles. The van der Waals surface area contributed by atoms with E-state index >= 15 is 0 Å². The molecule has 3 amide bonds. The average Bonchev–Trinajstić information content (AvgIpc) is 3.34. The molecule has 2 aliphatic rings. The number of nitrogens with one attached hydrogen (secondary N) is 2. The third kappa shape index (κ3) is 6.23. The molecule has 0 radical (unpaired) electrons. The summed E-state index contributed by atoms with van der Waals surface area (Å²) in [6.07, 6.45) is -0.120. The van der Waals surface area contributed by atoms with Gasteiger partial charge in [-0.3, -0.25) is 19.4 Å². The fraction of sp³-hybridized carbons (Fsp3) is 0.233. The number of anilines is 1. The van der Waals surface area contributed by atoms with Crippen LogP contribution in [-0.4, -0.2) is 66.7 Å². The van der Waals surface area contributed by atoms with E-state index in [0.29, 0.717) is 46.0 Å². The summed E-state index contributed by atoms with van der Waals surface area (Å²) in [6.45, 7) is 0.308. The van der Waals surface area contributed by atoms with E-state index in [1.807, 2.05) is 48.5 Å². The number of amides is 3. The topological polar surface area (TPSA) is 131 Å². The maximum atomic E-state index is 13.5. The van der Waals surface area contributed by atoms with Crippen LogP contribution in [0.2, 0.25) is 0 Å². The van der Waals surface area contributed by atoms with Gasteiger partial charge in [-0.2, -0.15) is 0 Å². The summed E-state index contributed by atoms with van der Waals surface area (Å²) in [5.41, 5.74) is 2.66. The first-order valence-corrected chi connectivity index (χ1v) is 14.0. The van der Waals surface area contributed by atoms with Crippen LogP contribution in [0.3, 0.4) is 0 Å². The molecule has 3 aromatic rings. The summed E-state index contributed by atoms with van der Waals surface area (Å²) in [5.74, 6) is 1.14. The average molecular weight is 588 g/mol. The van der Waals surface area contributed by atoms with E-state index in [-0.39, 0.29) is 29.9 Å². The number of para-hydroxylation sites is 1. The molecule has 2 aliphatic heterocycles. The second-order valence-corrected chi connectivity index (χ2v) is 10.2. The van der Waals surface area contributed by atoms with E-state index in [2.05, 4.69) is 20.6 Å². The predicted octanol–water partition coefficient (Wildman–Crippen LogP) is 3.75. The van der Waals surface area contributed by atoms with Crippen LogP contribution in [0.5, 0.6) is 17.2 Å². The van der Waals surface area contributed by atoms with Gasteiger partial charge in [-0.05, 0) is 42.0 Å². The largest absolute Gasteiger partial charge is 0.497 e. The minimum Gasteiger partial charge on any atom is -0.497 e. The lowest BCUT2D eigenvalue weighted by Gasteiger charge is -2.25. The summed E-state index contributed by atoms with van der Waals surface area (Å²) in [7, 11) is 4.63. The number of hydrogen-bond donors (Lipinski definition) is 2. The monoisotopic (exact) mass is 587 g/mol. The summed E-state index contributed by atoms with van der Waals surface area (Å²) in [5, 5.41) is 5.98. The van der Waals surface area contributed by atoms with E-state index < -0.39 is 6.04 Å². The maximum absolute atomic E-state index is 13.5. The van der Waals surface area contributed by atoms with Gasteiger partial charge in [-0.15, -0.1) is 0 Å². The number of ether oxygens (including phenoxy) is 3. The van der Waals surface area contributed by atoms with E-state index in [1.54, 1.807) is 25.3 Å². The first-order chi connectivity index (χ1) is 20.4. The van der Waals surface area contributed by atoms with Crippen molar-refractivity contribution < 1.29 is 28.6 Å². The molecule has 12 heteroatoms. The van der Waals surface area contributed by atoms with E-state index in [1.165, 1.54) is 19.1 Å². The Kier molecular flexibility index (Phi) is 8.72. The van der Waals surface area contributed by atoms with Crippen LogP contribution < -0.4 is 24.8 Å². The Labute approximate surface area is 247 Å². The summed E-state index contributed by atoms with van der Waals surface area (Å²) in [4.78, 5) is 49.9. The number of nitrogens with zero attached hydrogens (tertiary/aromatic N) is 3. The lowest BCUT2D eigenvalue weighted by Crippen LogP contribution is -2.42. The number of fused-ring (bicyclic) bond motifs is 3. The van der Waals surface area contributed by atoms with Gasteiger partial charge in [0.15, 0.2) is 5.17 Å². The van der Waals surface area contributed by atoms with Gasteiger partial charge in [0.1, 0.15) is 29.1 Å². The summed E-state index contributed by atoms with van der Waals surface area (Å²) in [6, 6.07) is 18.8. The summed E-state index contributed by atoms with van der Waals surface area (Å²) < 4.78 is 15.7. The van der Waals surface area contributed by atoms with Crippen molar-refractivity contribution in [2.75, 3.05) is 32.4 Å². The molecule has 2 N–H and O–H groups in total. The molecule has 0 unspecified atom stereocenters. The first-order valence-electron chi connectivity index (χ1n) is 13.0. The lowest BCUT2D eigenvalue weighted by atomic mass is 10.1. The molecule has 2 heterocycles. The fourth-order valence-corrected chi connectivity index (χ4v) is 5.25. The molecule has 42 heavy (non-hydrogen) atoms. The van der Waals surface area contributed by atoms with Crippen LogP contribution >= 0.6 is 11.8 Å². The number of rotatable bonds is 10. The Hall–Kier alpha value is -4.84. The quantitative estimate of drug-likeness (QED) is 0.369. The Bertz CT molecular complexity index is 1570. The van der Waals surface area contributed by atoms with Crippen LogP contribution in [0, 0.1) is 0 Å². The molecular weight excluding hydrogens is 558 g/mol. The van der Waals surface area contributed by atoms with Crippen LogP contribution in [0.25, 0.3) is 0 Å². The van der Waals surface area contributed by atoms with E-state index in [0.717, 1.165) is 23.1 Å². The van der Waals surface area contributed by atoms with Gasteiger partial charge in [0, 0.05) is 18.2 Å². The highest BCUT2D eigenvalue weighted by atomic mass is 32.2. The number of hydrogen-bond acceptors (Lipinski definition) is 9. The fourth-order valence-electron chi connectivity index (χ4n) is 4.45. The lowest BCUT2D eigenvalue weighted by molar-refractivity contribution is -0.128. The van der Waals surface area contributed by atoms with Crippen LogP contribution in [0.15, 0.2) is 76.7 Å². The number of aliphatic imine (C=N–C) groups is 2. The highest BCUT2D eigenvalue weighted by Crippen LogP contribution is 2.34. The standard InChI is InChI=1S/C30H29N5O6S/c1-39-19-10-8-18(9-11-19)16-31-26(36)15-24-29(38)35-28(33-24)21-6-4-5-7-22(21)34-30(35)42-17-27(37)32-23-14-20(40-2)12-13-25(23)41-3/h4-14,24H,15-17H2,1-3H3,(H,31,36)(H,32,37)/t24-/m0/s1. The highest BCUT2D eigenvalue weighted by Gasteiger charge is 2.42. The maximum Gasteiger partial charge on any atom is 0.259 e. The van der Waals surface area contributed by atoms with Crippen molar-refractivity contribution in [1.29, 1.82) is 0 Å². The minimum absolute atomic E-state index is 0.0363. The number of carbonyl (C=O) groups excluding carboxylic acids is 3. The smallest absolute Gasteiger partial charge is 0.259 e. The van der Waals surface area contributed by atoms with Crippen molar-refractivity contribution in [2.24, 2.45) is 9.98 Å². The van der Waals surface area contributed by atoms with Gasteiger partial charge in [-0.25, -0.2) is 9.89 Å². The number of benzene rings is 3. The Morgan fingerprint density at radius 2 is 1.67 bits per heavy atom. The molecule has 0 bridgehead atoms. The number of amidine groups is 2. The Morgan fingerprint density at radius 3 is 2.40 bits per heavy atom. The zero-order valence-electron chi connectivity index (χ0n) is 23.2. The van der Waals surface area contributed by atoms with Gasteiger partial charge in [0.2, 0.25) is 11.8 Å². The zero-order chi connectivity index (χ0) is 29.6. The van der Waals surface area contributed by atoms with Gasteiger partial charge in [0.25, 0.3) is 5.91 Å². The Balaban J connectivity index is 1.27. The normalized spacial score (nSPS) is 15.2. The SMILES string of the molecule is COc1ccc(CNC(=O)C[C@@H]2N=C3c4ccccc4N=C(SCC(=O)Nc4cc(OC)ccc4OC)N3C2=O)cc1. The van der Waals surface area contributed by atoms with Crippen LogP contribution in [0.4, 0.5) is 11.4 Å². The molecule has 0 spiro atoms. The van der Waals surface area contributed by atoms with Crippen molar-refractivity contribution in [3.05, 3.63) is 77.9 Å². The molecular formula is C30H29N5O6S. The second kappa shape index (κ2) is 12.8. The molecule has 1 atom stereocenters. The van der Waals surface area contributed by atoms with Gasteiger partial charge < -0.3 is 24.8 Å². The first kappa shape index (κ1) is 28.7. The van der Waals surface area contributed by atoms with E-state index in [9.17, 15) is 14.4 Å². The Morgan fingerprint density at radius 1 is 0.929 bits per heavy atom. The van der Waals surface area contributed by atoms with Crippen molar-refractivity contribution in [3.8, 4) is 17.2 Å². The van der Waals surface area contributed by atoms with Gasteiger partial charge >= 0.3 is 0 Å². The summed E-state index contributed by atoms with van der Waals surface area (Å²) >= 11 is 1.10. The van der Waals surface area contributed by atoms with Gasteiger partial charge in [-0.1, -0.05) is 36.0 Å². The number of methoxy groups -OCH3 is 3. The molecule has 11 nitrogen and oxygen atoms in total. The van der Waals surface area contributed by atoms with Crippen molar-refractivity contribution in [3.63, 3.8) is 0 Å². The third-order valence-corrected chi connectivity index (χ3v) is 7.53. The molecule has 216 valence electrons. The third-order valence-electron chi connectivity index (χ3n) is 6.59. The van der Waals surface area contributed by atoms with Crippen LogP contribution in [-0.2, 0) is 20.9 Å². The van der Waals surface area contributed by atoms with E-state index in [4.69, 9.17) is 14.2 Å². The molecule has 0 fully saturated rings. The molecule has 3 aromatic carbocycles. The number of carbonyl (C=O) groups is 3. The highest BCUT2D eigenvalue weighted by molar-refractivity contribution is 8.14. The minimum atomic E-state index is -0.914. The predicted molar refractivity (Wildman–Crippen MR) is 161 cm³/mol. The van der Waals surface area contributed by atoms with Crippen molar-refractivity contribution in [2.45, 2.75) is 19.0 Å². The van der Waals surface area contributed by atoms with Gasteiger partial charge in [0.05, 0.1) is 44.9 Å². The molecule has 0 saturated carbocycles. The molecule has 0 saturated heterocycles. The number of thioether (sulfide) groups is 1. The zero-order valence-corrected chi connectivity index (χ0v) is 24.1. The molecule has 0 aromatic heterocycles. The van der Waals surface area contributed by atoms with Crippen molar-refractivity contribution >= 4 is 51.9 Å². The van der Waals surface area contributed by atoms with Crippen molar-refractivity contribution in [1.82, 2.24) is 10.2 Å². The second-order valence-electron chi connectivity index (χ2n) is 9.29. The van der Waals surface area contributed by atoms with Crippen LogP contribution in [0.1, 0.15) is 17.5 Å². The molecule has 5 rings (SSSR count).